The fraction of sp³-hybridized carbons (Fsp3) is 0.526. The third-order valence-corrected chi connectivity index (χ3v) is 5.61. The number of likely N-dealkylation sites (tertiary alicyclic amines) is 2. The molecule has 1 aromatic rings. The van der Waals surface area contributed by atoms with Gasteiger partial charge in [0, 0.05) is 38.2 Å². The summed E-state index contributed by atoms with van der Waals surface area (Å²) in [4.78, 5) is 40.9. The molecule has 2 saturated heterocycles. The highest BCUT2D eigenvalue weighted by Gasteiger charge is 2.40. The molecule has 2 fully saturated rings. The van der Waals surface area contributed by atoms with Crippen molar-refractivity contribution in [1.29, 1.82) is 0 Å². The van der Waals surface area contributed by atoms with Gasteiger partial charge in [-0.15, -0.1) is 0 Å². The zero-order chi connectivity index (χ0) is 18.1. The number of hydrogen-bond acceptors (Lipinski definition) is 4. The standard InChI is InChI=1S/C19H24N4O3/c24-16-7-8-19(20-15-6-2-1-5-14(15)18(26)21-19)9-12-23(16)13-17(25)22-10-3-4-11-22/h1-2,5-6,20H,3-4,7-13H2,(H,21,26). The van der Waals surface area contributed by atoms with Crippen LogP contribution in [-0.2, 0) is 9.59 Å². The number of rotatable bonds is 2. The molecule has 1 spiro atoms. The molecule has 3 aliphatic heterocycles. The zero-order valence-corrected chi connectivity index (χ0v) is 14.8. The van der Waals surface area contributed by atoms with Crippen LogP contribution >= 0.6 is 0 Å². The van der Waals surface area contributed by atoms with Gasteiger partial charge in [0.05, 0.1) is 12.1 Å². The maximum Gasteiger partial charge on any atom is 0.255 e. The summed E-state index contributed by atoms with van der Waals surface area (Å²) in [6.45, 7) is 2.17. The predicted octanol–water partition coefficient (Wildman–Crippen LogP) is 1.17. The van der Waals surface area contributed by atoms with Crippen LogP contribution in [0.3, 0.4) is 0 Å². The minimum atomic E-state index is -0.632. The van der Waals surface area contributed by atoms with Crippen molar-refractivity contribution in [3.63, 3.8) is 0 Å². The van der Waals surface area contributed by atoms with Crippen LogP contribution in [0.15, 0.2) is 24.3 Å². The molecule has 7 nitrogen and oxygen atoms in total. The van der Waals surface area contributed by atoms with Gasteiger partial charge in [-0.05, 0) is 31.4 Å². The van der Waals surface area contributed by atoms with Gasteiger partial charge in [0.2, 0.25) is 11.8 Å². The monoisotopic (exact) mass is 356 g/mol. The molecule has 1 atom stereocenters. The second kappa shape index (κ2) is 6.63. The first-order chi connectivity index (χ1) is 12.6. The summed E-state index contributed by atoms with van der Waals surface area (Å²) in [6, 6.07) is 7.39. The predicted molar refractivity (Wildman–Crippen MR) is 96.5 cm³/mol. The van der Waals surface area contributed by atoms with Crippen molar-refractivity contribution < 1.29 is 14.4 Å². The fourth-order valence-corrected chi connectivity index (χ4v) is 4.06. The zero-order valence-electron chi connectivity index (χ0n) is 14.8. The van der Waals surface area contributed by atoms with Crippen LogP contribution in [0.2, 0.25) is 0 Å². The fourth-order valence-electron chi connectivity index (χ4n) is 4.06. The summed E-state index contributed by atoms with van der Waals surface area (Å²) in [6.07, 6.45) is 3.48. The molecule has 2 N–H and O–H groups in total. The Balaban J connectivity index is 1.46. The third-order valence-electron chi connectivity index (χ3n) is 5.61. The number of hydrogen-bond donors (Lipinski definition) is 2. The van der Waals surface area contributed by atoms with Crippen molar-refractivity contribution in [2.45, 2.75) is 37.8 Å². The van der Waals surface area contributed by atoms with E-state index < -0.39 is 5.66 Å². The molecule has 3 aliphatic rings. The van der Waals surface area contributed by atoms with E-state index in [1.54, 1.807) is 11.0 Å². The highest BCUT2D eigenvalue weighted by Crippen LogP contribution is 2.31. The number of fused-ring (bicyclic) bond motifs is 1. The van der Waals surface area contributed by atoms with E-state index in [4.69, 9.17) is 0 Å². The smallest absolute Gasteiger partial charge is 0.255 e. The molecule has 26 heavy (non-hydrogen) atoms. The van der Waals surface area contributed by atoms with E-state index in [2.05, 4.69) is 10.6 Å². The van der Waals surface area contributed by atoms with Crippen molar-refractivity contribution in [3.05, 3.63) is 29.8 Å². The number of nitrogens with zero attached hydrogens (tertiary/aromatic N) is 2. The van der Waals surface area contributed by atoms with E-state index >= 15 is 0 Å². The maximum absolute atomic E-state index is 12.5. The van der Waals surface area contributed by atoms with E-state index in [1.165, 1.54) is 0 Å². The lowest BCUT2D eigenvalue weighted by Crippen LogP contribution is -2.58. The molecule has 0 aromatic heterocycles. The molecule has 0 aliphatic carbocycles. The molecular weight excluding hydrogens is 332 g/mol. The van der Waals surface area contributed by atoms with Gasteiger partial charge in [-0.1, -0.05) is 12.1 Å². The Kier molecular flexibility index (Phi) is 4.30. The third kappa shape index (κ3) is 3.13. The second-order valence-electron chi connectivity index (χ2n) is 7.36. The van der Waals surface area contributed by atoms with Crippen LogP contribution < -0.4 is 10.6 Å². The van der Waals surface area contributed by atoms with E-state index in [9.17, 15) is 14.4 Å². The molecular formula is C19H24N4O3. The van der Waals surface area contributed by atoms with Gasteiger partial charge in [0.25, 0.3) is 5.91 Å². The van der Waals surface area contributed by atoms with Crippen molar-refractivity contribution in [2.24, 2.45) is 0 Å². The molecule has 138 valence electrons. The molecule has 1 unspecified atom stereocenters. The SMILES string of the molecule is O=C1NC2(CCC(=O)N(CC(=O)N3CCCC3)CC2)Nc2ccccc21. The minimum absolute atomic E-state index is 0.0238. The number of anilines is 1. The van der Waals surface area contributed by atoms with Crippen LogP contribution in [0, 0.1) is 0 Å². The van der Waals surface area contributed by atoms with Crippen LogP contribution in [0.4, 0.5) is 5.69 Å². The molecule has 7 heteroatoms. The van der Waals surface area contributed by atoms with Crippen LogP contribution in [0.5, 0.6) is 0 Å². The van der Waals surface area contributed by atoms with Gasteiger partial charge in [-0.25, -0.2) is 0 Å². The number of carbonyl (C=O) groups is 3. The Hall–Kier alpha value is -2.57. The molecule has 3 amide bonds. The van der Waals surface area contributed by atoms with E-state index in [-0.39, 0.29) is 24.3 Å². The Bertz CT molecular complexity index is 744. The van der Waals surface area contributed by atoms with Crippen molar-refractivity contribution in [1.82, 2.24) is 15.1 Å². The lowest BCUT2D eigenvalue weighted by atomic mass is 9.95. The number of carbonyl (C=O) groups excluding carboxylic acids is 3. The summed E-state index contributed by atoms with van der Waals surface area (Å²) >= 11 is 0. The largest absolute Gasteiger partial charge is 0.362 e. The van der Waals surface area contributed by atoms with E-state index in [0.717, 1.165) is 31.6 Å². The highest BCUT2D eigenvalue weighted by atomic mass is 16.2. The van der Waals surface area contributed by atoms with Crippen molar-refractivity contribution in [3.8, 4) is 0 Å². The first-order valence-corrected chi connectivity index (χ1v) is 9.32. The van der Waals surface area contributed by atoms with Crippen LogP contribution in [0.25, 0.3) is 0 Å². The Labute approximate surface area is 152 Å². The first-order valence-electron chi connectivity index (χ1n) is 9.32. The lowest BCUT2D eigenvalue weighted by molar-refractivity contribution is -0.139. The van der Waals surface area contributed by atoms with Crippen molar-refractivity contribution in [2.75, 3.05) is 31.5 Å². The normalized spacial score (nSPS) is 25.5. The number of nitrogens with one attached hydrogen (secondary N) is 2. The van der Waals surface area contributed by atoms with E-state index in [0.29, 0.717) is 31.4 Å². The molecule has 0 radical (unpaired) electrons. The maximum atomic E-state index is 12.5. The van der Waals surface area contributed by atoms with Crippen LogP contribution in [-0.4, -0.2) is 59.4 Å². The topological polar surface area (TPSA) is 81.8 Å². The Morgan fingerprint density at radius 3 is 2.62 bits per heavy atom. The highest BCUT2D eigenvalue weighted by molar-refractivity contribution is 6.02. The number of amides is 3. The van der Waals surface area contributed by atoms with Gasteiger partial charge < -0.3 is 20.4 Å². The molecule has 3 heterocycles. The molecule has 1 aromatic carbocycles. The number of para-hydroxylation sites is 1. The Morgan fingerprint density at radius 1 is 1.04 bits per heavy atom. The summed E-state index contributed by atoms with van der Waals surface area (Å²) in [5.41, 5.74) is 0.784. The quantitative estimate of drug-likeness (QED) is 0.834. The average Bonchev–Trinajstić information content (AvgIpc) is 3.14. The first kappa shape index (κ1) is 16.9. The van der Waals surface area contributed by atoms with Gasteiger partial charge in [0.15, 0.2) is 0 Å². The van der Waals surface area contributed by atoms with Crippen LogP contribution in [0.1, 0.15) is 42.5 Å². The van der Waals surface area contributed by atoms with E-state index in [1.807, 2.05) is 23.1 Å². The molecule has 4 rings (SSSR count). The van der Waals surface area contributed by atoms with Gasteiger partial charge in [-0.3, -0.25) is 14.4 Å². The average molecular weight is 356 g/mol. The second-order valence-corrected chi connectivity index (χ2v) is 7.36. The lowest BCUT2D eigenvalue weighted by Gasteiger charge is -2.39. The molecule has 0 saturated carbocycles. The summed E-state index contributed by atoms with van der Waals surface area (Å²) in [5, 5.41) is 6.48. The van der Waals surface area contributed by atoms with Crippen molar-refractivity contribution >= 4 is 23.4 Å². The Morgan fingerprint density at radius 2 is 1.81 bits per heavy atom. The van der Waals surface area contributed by atoms with Gasteiger partial charge >= 0.3 is 0 Å². The van der Waals surface area contributed by atoms with Gasteiger partial charge in [0.1, 0.15) is 5.66 Å². The summed E-state index contributed by atoms with van der Waals surface area (Å²) in [5.74, 6) is -0.115. The number of benzene rings is 1. The minimum Gasteiger partial charge on any atom is -0.362 e. The molecule has 0 bridgehead atoms. The van der Waals surface area contributed by atoms with Gasteiger partial charge in [-0.2, -0.15) is 0 Å². The summed E-state index contributed by atoms with van der Waals surface area (Å²) in [7, 11) is 0. The summed E-state index contributed by atoms with van der Waals surface area (Å²) < 4.78 is 0.